The van der Waals surface area contributed by atoms with Crippen LogP contribution in [0.2, 0.25) is 0 Å². The van der Waals surface area contributed by atoms with Crippen LogP contribution in [0.3, 0.4) is 0 Å². The predicted octanol–water partition coefficient (Wildman–Crippen LogP) is 7.52. The average Bonchev–Trinajstić information content (AvgIpc) is 3.44. The van der Waals surface area contributed by atoms with E-state index in [1.807, 2.05) is 86.0 Å². The van der Waals surface area contributed by atoms with Crippen LogP contribution in [0.15, 0.2) is 113 Å². The molecule has 1 aromatic heterocycles. The highest BCUT2D eigenvalue weighted by molar-refractivity contribution is 8.00. The van der Waals surface area contributed by atoms with Crippen molar-refractivity contribution in [2.24, 2.45) is 0 Å². The average molecular weight is 607 g/mol. The van der Waals surface area contributed by atoms with Crippen molar-refractivity contribution in [2.45, 2.75) is 30.4 Å². The molecular weight excluding hydrogens is 577 g/mol. The molecule has 43 heavy (non-hydrogen) atoms. The van der Waals surface area contributed by atoms with E-state index in [0.717, 1.165) is 26.9 Å². The molecule has 1 heterocycles. The number of thiazole rings is 1. The van der Waals surface area contributed by atoms with Gasteiger partial charge in [-0.2, -0.15) is 0 Å². The fourth-order valence-electron chi connectivity index (χ4n) is 4.40. The van der Waals surface area contributed by atoms with Crippen LogP contribution in [0.1, 0.15) is 35.0 Å². The molecule has 0 spiro atoms. The van der Waals surface area contributed by atoms with Crippen LogP contribution in [0.4, 0.5) is 10.8 Å². The Bertz CT molecular complexity index is 1790. The van der Waals surface area contributed by atoms with Gasteiger partial charge in [-0.3, -0.25) is 14.4 Å². The van der Waals surface area contributed by atoms with Gasteiger partial charge in [-0.15, -0.1) is 23.1 Å². The third kappa shape index (κ3) is 7.77. The Labute approximate surface area is 258 Å². The molecule has 5 aromatic rings. The van der Waals surface area contributed by atoms with Crippen LogP contribution in [0, 0.1) is 6.92 Å². The monoisotopic (exact) mass is 606 g/mol. The van der Waals surface area contributed by atoms with E-state index in [2.05, 4.69) is 20.9 Å². The highest BCUT2D eigenvalue weighted by atomic mass is 32.2. The molecule has 0 radical (unpaired) electrons. The molecule has 0 saturated heterocycles. The van der Waals surface area contributed by atoms with Gasteiger partial charge < -0.3 is 16.0 Å². The van der Waals surface area contributed by atoms with E-state index < -0.39 is 11.8 Å². The van der Waals surface area contributed by atoms with Crippen molar-refractivity contribution in [2.75, 3.05) is 10.6 Å². The van der Waals surface area contributed by atoms with Gasteiger partial charge in [0.05, 0.1) is 10.9 Å². The van der Waals surface area contributed by atoms with Crippen LogP contribution in [0.5, 0.6) is 0 Å². The predicted molar refractivity (Wildman–Crippen MR) is 176 cm³/mol. The highest BCUT2D eigenvalue weighted by Gasteiger charge is 2.20. The number of hydrogen-bond donors (Lipinski definition) is 3. The normalized spacial score (nSPS) is 12.0. The third-order valence-electron chi connectivity index (χ3n) is 6.53. The molecule has 4 aromatic carbocycles. The lowest BCUT2D eigenvalue weighted by molar-refractivity contribution is -0.116. The Morgan fingerprint density at radius 1 is 0.907 bits per heavy atom. The lowest BCUT2D eigenvalue weighted by Crippen LogP contribution is -2.30. The second kappa shape index (κ2) is 14.0. The van der Waals surface area contributed by atoms with Gasteiger partial charge in [-0.1, -0.05) is 73.7 Å². The summed E-state index contributed by atoms with van der Waals surface area (Å²) in [7, 11) is 0. The number of benzene rings is 4. The smallest absolute Gasteiger partial charge is 0.272 e. The Morgan fingerprint density at radius 3 is 2.42 bits per heavy atom. The zero-order chi connectivity index (χ0) is 30.2. The van der Waals surface area contributed by atoms with Crippen molar-refractivity contribution < 1.29 is 14.4 Å². The van der Waals surface area contributed by atoms with Gasteiger partial charge in [-0.05, 0) is 66.1 Å². The van der Waals surface area contributed by atoms with Gasteiger partial charge in [0, 0.05) is 21.5 Å². The number of nitrogens with zero attached hydrogens (tertiary/aromatic N) is 1. The molecule has 3 amide bonds. The molecule has 216 valence electrons. The number of carbonyl (C=O) groups is 3. The van der Waals surface area contributed by atoms with E-state index >= 15 is 0 Å². The minimum Gasteiger partial charge on any atom is -0.321 e. The number of hydrogen-bond acceptors (Lipinski definition) is 6. The van der Waals surface area contributed by atoms with E-state index in [9.17, 15) is 14.4 Å². The summed E-state index contributed by atoms with van der Waals surface area (Å²) in [6.45, 7) is 3.84. The van der Waals surface area contributed by atoms with E-state index in [0.29, 0.717) is 22.8 Å². The minimum absolute atomic E-state index is 0.104. The molecule has 1 atom stereocenters. The molecule has 5 rings (SSSR count). The fraction of sp³-hybridized carbons (Fsp3) is 0.118. The summed E-state index contributed by atoms with van der Waals surface area (Å²) in [5, 5.41) is 12.7. The van der Waals surface area contributed by atoms with Crippen LogP contribution in [-0.4, -0.2) is 28.0 Å². The van der Waals surface area contributed by atoms with E-state index in [1.165, 1.54) is 23.1 Å². The standard InChI is InChI=1S/C34H30N4O3S2/c1-3-30(33(41)38-34-35-22(2)21-42-34)43-27-17-10-16-26(20-27)36-32(40)29(37-31(39)24-12-5-4-6-13-24)19-25-15-9-14-23-11-7-8-18-28(23)25/h4-21,30H,3H2,1-2H3,(H,36,40)(H,37,39)(H,35,38,41)/b29-19+. The number of anilines is 2. The highest BCUT2D eigenvalue weighted by Crippen LogP contribution is 2.29. The lowest BCUT2D eigenvalue weighted by Gasteiger charge is -2.15. The maximum Gasteiger partial charge on any atom is 0.272 e. The molecule has 0 saturated carbocycles. The van der Waals surface area contributed by atoms with Gasteiger partial charge in [0.2, 0.25) is 5.91 Å². The number of carbonyl (C=O) groups excluding carboxylic acids is 3. The molecule has 3 N–H and O–H groups in total. The number of thioether (sulfide) groups is 1. The molecule has 1 unspecified atom stereocenters. The van der Waals surface area contributed by atoms with Crippen molar-refractivity contribution in [3.8, 4) is 0 Å². The van der Waals surface area contributed by atoms with E-state index in [1.54, 1.807) is 36.4 Å². The SMILES string of the molecule is CCC(Sc1cccc(NC(=O)/C(=C\c2cccc3ccccc23)NC(=O)c2ccccc2)c1)C(=O)Nc1nc(C)cs1. The maximum atomic E-state index is 13.7. The van der Waals surface area contributed by atoms with Gasteiger partial charge in [0.1, 0.15) is 5.70 Å². The number of amides is 3. The van der Waals surface area contributed by atoms with E-state index in [4.69, 9.17) is 0 Å². The quantitative estimate of drug-likeness (QED) is 0.113. The molecule has 0 aliphatic rings. The molecule has 0 aliphatic carbocycles. The zero-order valence-corrected chi connectivity index (χ0v) is 25.3. The van der Waals surface area contributed by atoms with Crippen LogP contribution >= 0.6 is 23.1 Å². The zero-order valence-electron chi connectivity index (χ0n) is 23.7. The third-order valence-corrected chi connectivity index (χ3v) is 8.77. The van der Waals surface area contributed by atoms with Crippen molar-refractivity contribution in [1.29, 1.82) is 0 Å². The fourth-order valence-corrected chi connectivity index (χ4v) is 6.11. The lowest BCUT2D eigenvalue weighted by atomic mass is 10.0. The maximum absolute atomic E-state index is 13.7. The number of fused-ring (bicyclic) bond motifs is 1. The Hall–Kier alpha value is -4.73. The number of nitrogens with one attached hydrogen (secondary N) is 3. The largest absolute Gasteiger partial charge is 0.321 e. The molecule has 7 nitrogen and oxygen atoms in total. The van der Waals surface area contributed by atoms with Crippen molar-refractivity contribution >= 4 is 68.5 Å². The Kier molecular flexibility index (Phi) is 9.66. The number of rotatable bonds is 10. The summed E-state index contributed by atoms with van der Waals surface area (Å²) in [5.41, 5.74) is 2.74. The van der Waals surface area contributed by atoms with Crippen molar-refractivity contribution in [1.82, 2.24) is 10.3 Å². The van der Waals surface area contributed by atoms with Gasteiger partial charge in [0.25, 0.3) is 11.8 Å². The molecule has 0 bridgehead atoms. The summed E-state index contributed by atoms with van der Waals surface area (Å²) in [5.74, 6) is -0.984. The summed E-state index contributed by atoms with van der Waals surface area (Å²) in [6, 6.07) is 29.8. The van der Waals surface area contributed by atoms with Crippen molar-refractivity contribution in [3.63, 3.8) is 0 Å². The first kappa shape index (κ1) is 29.8. The van der Waals surface area contributed by atoms with Gasteiger partial charge in [-0.25, -0.2) is 4.98 Å². The number of aromatic nitrogens is 1. The molecule has 0 fully saturated rings. The summed E-state index contributed by atoms with van der Waals surface area (Å²) < 4.78 is 0. The van der Waals surface area contributed by atoms with Crippen molar-refractivity contribution in [3.05, 3.63) is 125 Å². The number of aryl methyl sites for hydroxylation is 1. The molecule has 0 aliphatic heterocycles. The van der Waals surface area contributed by atoms with Crippen LogP contribution < -0.4 is 16.0 Å². The first-order valence-electron chi connectivity index (χ1n) is 13.8. The van der Waals surface area contributed by atoms with Gasteiger partial charge in [0.15, 0.2) is 5.13 Å². The van der Waals surface area contributed by atoms with Crippen LogP contribution in [0.25, 0.3) is 16.8 Å². The Balaban J connectivity index is 1.37. The van der Waals surface area contributed by atoms with Gasteiger partial charge >= 0.3 is 0 Å². The first-order valence-corrected chi connectivity index (χ1v) is 15.5. The molecule has 9 heteroatoms. The second-order valence-corrected chi connectivity index (χ2v) is 11.9. The summed E-state index contributed by atoms with van der Waals surface area (Å²) >= 11 is 2.81. The topological polar surface area (TPSA) is 100 Å². The second-order valence-electron chi connectivity index (χ2n) is 9.73. The molecular formula is C34H30N4O3S2. The van der Waals surface area contributed by atoms with E-state index in [-0.39, 0.29) is 16.9 Å². The first-order chi connectivity index (χ1) is 20.9. The minimum atomic E-state index is -0.469. The Morgan fingerprint density at radius 2 is 1.65 bits per heavy atom. The summed E-state index contributed by atoms with van der Waals surface area (Å²) in [4.78, 5) is 44.8. The van der Waals surface area contributed by atoms with Crippen LogP contribution in [-0.2, 0) is 9.59 Å². The summed E-state index contributed by atoms with van der Waals surface area (Å²) in [6.07, 6.45) is 2.30.